The van der Waals surface area contributed by atoms with Crippen molar-refractivity contribution >= 4 is 12.0 Å². The minimum Gasteiger partial charge on any atom is -0.481 e. The van der Waals surface area contributed by atoms with Crippen molar-refractivity contribution in [2.45, 2.75) is 12.7 Å². The molecule has 0 aliphatic rings. The average Bonchev–Trinajstić information content (AvgIpc) is 2.58. The number of nitrogens with one attached hydrogen (secondary N) is 1. The number of amides is 1. The maximum absolute atomic E-state index is 12.6. The van der Waals surface area contributed by atoms with E-state index in [-0.39, 0.29) is 6.54 Å². The Morgan fingerprint density at radius 3 is 2.71 bits per heavy atom. The van der Waals surface area contributed by atoms with Crippen LogP contribution in [0.2, 0.25) is 0 Å². The normalized spacial score (nSPS) is 11.5. The summed E-state index contributed by atoms with van der Waals surface area (Å²) in [5.41, 5.74) is 0.317. The van der Waals surface area contributed by atoms with Gasteiger partial charge in [-0.05, 0) is 29.3 Å². The molecule has 0 atom stereocenters. The van der Waals surface area contributed by atoms with Gasteiger partial charge in [-0.3, -0.25) is 4.79 Å². The average molecular weight is 336 g/mol. The van der Waals surface area contributed by atoms with Gasteiger partial charge in [0.05, 0.1) is 12.7 Å². The molecular formula is C17H15F3N2O2. The van der Waals surface area contributed by atoms with Gasteiger partial charge in [-0.25, -0.2) is 4.98 Å². The number of ether oxygens (including phenoxy) is 1. The van der Waals surface area contributed by atoms with Gasteiger partial charge in [0.2, 0.25) is 11.8 Å². The Balaban J connectivity index is 1.93. The molecule has 24 heavy (non-hydrogen) atoms. The van der Waals surface area contributed by atoms with Crippen molar-refractivity contribution in [3.05, 3.63) is 65.4 Å². The van der Waals surface area contributed by atoms with Crippen LogP contribution in [0.3, 0.4) is 0 Å². The Hall–Kier alpha value is -2.83. The highest BCUT2D eigenvalue weighted by Crippen LogP contribution is 2.29. The lowest BCUT2D eigenvalue weighted by Crippen LogP contribution is -2.20. The Morgan fingerprint density at radius 2 is 2.08 bits per heavy atom. The van der Waals surface area contributed by atoms with E-state index in [1.54, 1.807) is 18.3 Å². The lowest BCUT2D eigenvalue weighted by molar-refractivity contribution is -0.137. The van der Waals surface area contributed by atoms with Crippen molar-refractivity contribution in [1.82, 2.24) is 10.3 Å². The molecule has 2 aromatic rings. The van der Waals surface area contributed by atoms with Crippen molar-refractivity contribution in [2.75, 3.05) is 7.11 Å². The molecule has 4 nitrogen and oxygen atoms in total. The number of rotatable bonds is 5. The largest absolute Gasteiger partial charge is 0.481 e. The Bertz CT molecular complexity index is 725. The van der Waals surface area contributed by atoms with Gasteiger partial charge in [0.25, 0.3) is 0 Å². The summed E-state index contributed by atoms with van der Waals surface area (Å²) in [5.74, 6) is 0.0535. The molecule has 1 aromatic heterocycles. The van der Waals surface area contributed by atoms with Gasteiger partial charge < -0.3 is 10.1 Å². The van der Waals surface area contributed by atoms with Crippen LogP contribution in [0.1, 0.15) is 16.7 Å². The predicted molar refractivity (Wildman–Crippen MR) is 83.1 cm³/mol. The maximum atomic E-state index is 12.6. The standard InChI is InChI=1S/C17H15F3N2O2/c1-24-16-8-6-13(11-22-16)10-21-15(23)7-5-12-3-2-4-14(9-12)17(18,19)20/h2-9,11H,10H2,1H3,(H,21,23)/b7-5+. The zero-order valence-electron chi connectivity index (χ0n) is 12.8. The van der Waals surface area contributed by atoms with E-state index in [1.807, 2.05) is 0 Å². The van der Waals surface area contributed by atoms with Crippen molar-refractivity contribution in [3.63, 3.8) is 0 Å². The van der Waals surface area contributed by atoms with Gasteiger partial charge in [0, 0.05) is 24.9 Å². The molecule has 0 saturated heterocycles. The van der Waals surface area contributed by atoms with E-state index in [9.17, 15) is 18.0 Å². The zero-order chi connectivity index (χ0) is 17.6. The zero-order valence-corrected chi connectivity index (χ0v) is 12.8. The summed E-state index contributed by atoms with van der Waals surface area (Å²) in [6.07, 6.45) is -0.327. The predicted octanol–water partition coefficient (Wildman–Crippen LogP) is 3.44. The Kier molecular flexibility index (Phi) is 5.57. The molecule has 0 aliphatic carbocycles. The summed E-state index contributed by atoms with van der Waals surface area (Å²) < 4.78 is 42.8. The number of nitrogens with zero attached hydrogens (tertiary/aromatic N) is 1. The number of pyridine rings is 1. The lowest BCUT2D eigenvalue weighted by Gasteiger charge is -2.06. The summed E-state index contributed by atoms with van der Waals surface area (Å²) in [4.78, 5) is 15.7. The van der Waals surface area contributed by atoms with Gasteiger partial charge in [0.15, 0.2) is 0 Å². The SMILES string of the molecule is COc1ccc(CNC(=O)/C=C/c2cccc(C(F)(F)F)c2)cn1. The van der Waals surface area contributed by atoms with Gasteiger partial charge >= 0.3 is 6.18 Å². The maximum Gasteiger partial charge on any atom is 0.416 e. The third kappa shape index (κ3) is 5.12. The molecule has 126 valence electrons. The van der Waals surface area contributed by atoms with Crippen LogP contribution in [-0.4, -0.2) is 18.0 Å². The first kappa shape index (κ1) is 17.5. The first-order valence-corrected chi connectivity index (χ1v) is 7.00. The number of hydrogen-bond donors (Lipinski definition) is 1. The van der Waals surface area contributed by atoms with Gasteiger partial charge in [-0.1, -0.05) is 18.2 Å². The molecule has 0 radical (unpaired) electrons. The molecule has 2 rings (SSSR count). The van der Waals surface area contributed by atoms with Gasteiger partial charge in [-0.15, -0.1) is 0 Å². The van der Waals surface area contributed by atoms with E-state index in [0.29, 0.717) is 11.4 Å². The molecule has 1 amide bonds. The number of carbonyl (C=O) groups excluding carboxylic acids is 1. The van der Waals surface area contributed by atoms with E-state index in [1.165, 1.54) is 31.4 Å². The highest BCUT2D eigenvalue weighted by molar-refractivity contribution is 5.91. The van der Waals surface area contributed by atoms with Crippen LogP contribution in [0.4, 0.5) is 13.2 Å². The highest BCUT2D eigenvalue weighted by Gasteiger charge is 2.30. The second kappa shape index (κ2) is 7.63. The fraction of sp³-hybridized carbons (Fsp3) is 0.176. The molecule has 0 fully saturated rings. The number of alkyl halides is 3. The monoisotopic (exact) mass is 336 g/mol. The molecule has 1 N–H and O–H groups in total. The van der Waals surface area contributed by atoms with Crippen LogP contribution in [0.25, 0.3) is 6.08 Å². The molecule has 0 aliphatic heterocycles. The van der Waals surface area contributed by atoms with Crippen LogP contribution in [0, 0.1) is 0 Å². The molecule has 7 heteroatoms. The molecule has 0 unspecified atom stereocenters. The van der Waals surface area contributed by atoms with Gasteiger partial charge in [-0.2, -0.15) is 13.2 Å². The number of carbonyl (C=O) groups is 1. The molecule has 1 heterocycles. The van der Waals surface area contributed by atoms with Crippen LogP contribution >= 0.6 is 0 Å². The molecule has 0 saturated carbocycles. The number of halogens is 3. The summed E-state index contributed by atoms with van der Waals surface area (Å²) >= 11 is 0. The van der Waals surface area contributed by atoms with Crippen molar-refractivity contribution in [2.24, 2.45) is 0 Å². The van der Waals surface area contributed by atoms with Crippen LogP contribution in [-0.2, 0) is 17.5 Å². The first-order chi connectivity index (χ1) is 11.4. The van der Waals surface area contributed by atoms with Gasteiger partial charge in [0.1, 0.15) is 0 Å². The van der Waals surface area contributed by atoms with Crippen LogP contribution in [0.5, 0.6) is 5.88 Å². The van der Waals surface area contributed by atoms with Crippen LogP contribution in [0.15, 0.2) is 48.7 Å². The minimum atomic E-state index is -4.41. The fourth-order valence-electron chi connectivity index (χ4n) is 1.87. The first-order valence-electron chi connectivity index (χ1n) is 7.00. The number of hydrogen-bond acceptors (Lipinski definition) is 3. The second-order valence-corrected chi connectivity index (χ2v) is 4.88. The summed E-state index contributed by atoms with van der Waals surface area (Å²) in [6, 6.07) is 8.17. The molecule has 0 spiro atoms. The lowest BCUT2D eigenvalue weighted by atomic mass is 10.1. The summed E-state index contributed by atoms with van der Waals surface area (Å²) in [5, 5.41) is 2.62. The second-order valence-electron chi connectivity index (χ2n) is 4.88. The molecular weight excluding hydrogens is 321 g/mol. The smallest absolute Gasteiger partial charge is 0.416 e. The molecule has 1 aromatic carbocycles. The fourth-order valence-corrected chi connectivity index (χ4v) is 1.87. The number of benzene rings is 1. The van der Waals surface area contributed by atoms with Crippen molar-refractivity contribution in [3.8, 4) is 5.88 Å². The van der Waals surface area contributed by atoms with Crippen molar-refractivity contribution in [1.29, 1.82) is 0 Å². The van der Waals surface area contributed by atoms with Crippen molar-refractivity contribution < 1.29 is 22.7 Å². The quantitative estimate of drug-likeness (QED) is 0.851. The Morgan fingerprint density at radius 1 is 1.29 bits per heavy atom. The van der Waals surface area contributed by atoms with E-state index < -0.39 is 17.6 Å². The van der Waals surface area contributed by atoms with E-state index in [2.05, 4.69) is 10.3 Å². The summed E-state index contributed by atoms with van der Waals surface area (Å²) in [7, 11) is 1.50. The van der Waals surface area contributed by atoms with E-state index in [4.69, 9.17) is 4.74 Å². The van der Waals surface area contributed by atoms with E-state index in [0.717, 1.165) is 17.7 Å². The third-order valence-electron chi connectivity index (χ3n) is 3.11. The third-order valence-corrected chi connectivity index (χ3v) is 3.11. The number of methoxy groups -OCH3 is 1. The minimum absolute atomic E-state index is 0.253. The van der Waals surface area contributed by atoms with E-state index >= 15 is 0 Å². The highest BCUT2D eigenvalue weighted by atomic mass is 19.4. The molecule has 0 bridgehead atoms. The Labute approximate surface area is 137 Å². The topological polar surface area (TPSA) is 51.2 Å². The number of aromatic nitrogens is 1. The van der Waals surface area contributed by atoms with Crippen LogP contribution < -0.4 is 10.1 Å². The summed E-state index contributed by atoms with van der Waals surface area (Å²) in [6.45, 7) is 0.253.